The van der Waals surface area contributed by atoms with Crippen molar-refractivity contribution in [2.75, 3.05) is 53.5 Å². The molecular formula is C89H127F6N11O16. The molecule has 8 atom stereocenters. The molecule has 0 aromatic heterocycles. The molecule has 8 amide bonds. The number of nitrogens with two attached hydrogens (primary N) is 3. The number of hydrogen-bond donors (Lipinski definition) is 9. The average molecular weight is 1720 g/mol. The number of benzene rings is 4. The third kappa shape index (κ3) is 34.7. The van der Waals surface area contributed by atoms with Crippen molar-refractivity contribution in [2.24, 2.45) is 46.8 Å². The first-order valence-electron chi connectivity index (χ1n) is 41.7. The lowest BCUT2D eigenvalue weighted by Crippen LogP contribution is -2.62. The second-order valence-corrected chi connectivity index (χ2v) is 34.6. The van der Waals surface area contributed by atoms with E-state index in [2.05, 4.69) is 31.9 Å². The Labute approximate surface area is 712 Å². The first kappa shape index (κ1) is 103. The van der Waals surface area contributed by atoms with Crippen molar-refractivity contribution >= 4 is 71.1 Å². The summed E-state index contributed by atoms with van der Waals surface area (Å²) in [7, 11) is 2.46. The molecule has 2 aliphatic heterocycles. The number of esters is 2. The van der Waals surface area contributed by atoms with Gasteiger partial charge in [0.05, 0.1) is 43.5 Å². The highest BCUT2D eigenvalue weighted by atomic mass is 19.4. The highest BCUT2D eigenvalue weighted by Gasteiger charge is 2.48. The van der Waals surface area contributed by atoms with Crippen molar-refractivity contribution in [3.63, 3.8) is 0 Å². The van der Waals surface area contributed by atoms with E-state index in [9.17, 15) is 83.9 Å². The zero-order valence-electron chi connectivity index (χ0n) is 72.6. The number of alkyl carbamates (subject to hydrolysis) is 2. The van der Waals surface area contributed by atoms with Crippen LogP contribution in [0.2, 0.25) is 0 Å². The quantitative estimate of drug-likeness (QED) is 0.00864. The van der Waals surface area contributed by atoms with Gasteiger partial charge in [0.2, 0.25) is 35.4 Å². The van der Waals surface area contributed by atoms with E-state index in [0.717, 1.165) is 35.4 Å². The molecule has 2 fully saturated rings. The van der Waals surface area contributed by atoms with Crippen LogP contribution >= 0.6 is 0 Å². The molecule has 27 nitrogen and oxygen atoms in total. The molecule has 676 valence electrons. The molecule has 6 rings (SSSR count). The number of amides is 8. The van der Waals surface area contributed by atoms with Crippen molar-refractivity contribution in [1.29, 1.82) is 0 Å². The van der Waals surface area contributed by atoms with Gasteiger partial charge in [0, 0.05) is 63.3 Å². The van der Waals surface area contributed by atoms with Gasteiger partial charge in [-0.2, -0.15) is 26.3 Å². The fourth-order valence-electron chi connectivity index (χ4n) is 14.4. The van der Waals surface area contributed by atoms with Crippen LogP contribution in [-0.2, 0) is 105 Å². The number of unbranched alkanes of at least 4 members (excludes halogenated alkanes) is 2. The molecule has 4 aromatic rings. The molecule has 122 heavy (non-hydrogen) atoms. The van der Waals surface area contributed by atoms with Crippen LogP contribution in [0.25, 0.3) is 0 Å². The van der Waals surface area contributed by atoms with Crippen molar-refractivity contribution in [3.8, 4) is 0 Å². The number of carbonyl (C=O) groups is 12. The van der Waals surface area contributed by atoms with E-state index < -0.39 is 159 Å². The van der Waals surface area contributed by atoms with Crippen LogP contribution in [-0.4, -0.2) is 187 Å². The van der Waals surface area contributed by atoms with Gasteiger partial charge in [0.25, 0.3) is 0 Å². The Hall–Kier alpha value is -10.0. The second kappa shape index (κ2) is 47.6. The molecule has 4 aromatic carbocycles. The highest BCUT2D eigenvalue weighted by Crippen LogP contribution is 2.33. The summed E-state index contributed by atoms with van der Waals surface area (Å²) >= 11 is 0. The summed E-state index contributed by atoms with van der Waals surface area (Å²) in [4.78, 5) is 165. The van der Waals surface area contributed by atoms with E-state index in [-0.39, 0.29) is 128 Å². The topological polar surface area (TPSA) is 398 Å². The Balaban J connectivity index is 0.000000445. The van der Waals surface area contributed by atoms with Gasteiger partial charge in [0.15, 0.2) is 11.6 Å². The minimum atomic E-state index is -4.51. The Morgan fingerprint density at radius 2 is 0.836 bits per heavy atom. The second-order valence-electron chi connectivity index (χ2n) is 34.6. The summed E-state index contributed by atoms with van der Waals surface area (Å²) in [5, 5.41) is 16.8. The fraction of sp³-hybridized carbons (Fsp3) is 0.596. The van der Waals surface area contributed by atoms with E-state index in [4.69, 9.17) is 36.1 Å². The number of ketones is 2. The lowest BCUT2D eigenvalue weighted by Gasteiger charge is -2.41. The number of halogens is 6. The summed E-state index contributed by atoms with van der Waals surface area (Å²) in [5.74, 6) is -7.60. The average Bonchev–Trinajstić information content (AvgIpc) is 0.770. The number of likely N-dealkylation sites (tertiary alicyclic amines) is 2. The number of piperidine rings is 2. The molecule has 0 aliphatic carbocycles. The SMILES string of the molecule is COC(=O)C1(N)CCN(C(=O)[C@@H](CCCCN)NC(=O)[C@H](CC(=O)[C@@H](Cc2ccccc2)NC(=O)[C@H](N)Cc2ccc(C(F)(F)F)cc2)CC(C)C)CC1.COC(=O)C1(NC(=O)OC(C)(C)C)CCN(C(=O)[C@@H](CCCCNC(=O)OC(C)(C)C)NC(=O)[C@H](CC(=O)[C@@H](Cc2ccccc2)NC(=O)[C@H](C)Cc2ccc(C(F)(F)F)cc2)CC(C)C)CC1. The van der Waals surface area contributed by atoms with Crippen molar-refractivity contribution in [2.45, 2.75) is 257 Å². The third-order valence-corrected chi connectivity index (χ3v) is 21.0. The Kier molecular flexibility index (Phi) is 40.0. The van der Waals surface area contributed by atoms with E-state index in [1.54, 1.807) is 102 Å². The zero-order valence-corrected chi connectivity index (χ0v) is 72.6. The highest BCUT2D eigenvalue weighted by molar-refractivity contribution is 5.97. The zero-order chi connectivity index (χ0) is 91.1. The number of carbonyl (C=O) groups excluding carboxylic acids is 12. The van der Waals surface area contributed by atoms with E-state index >= 15 is 0 Å². The third-order valence-electron chi connectivity index (χ3n) is 21.0. The summed E-state index contributed by atoms with van der Waals surface area (Å²) in [6.45, 7) is 20.6. The summed E-state index contributed by atoms with van der Waals surface area (Å²) < 4.78 is 99.2. The number of nitrogens with one attached hydrogen (secondary N) is 6. The predicted molar refractivity (Wildman–Crippen MR) is 446 cm³/mol. The van der Waals surface area contributed by atoms with Crippen LogP contribution in [0.15, 0.2) is 109 Å². The number of ether oxygens (including phenoxy) is 4. The Morgan fingerprint density at radius 1 is 0.459 bits per heavy atom. The maximum atomic E-state index is 14.4. The minimum absolute atomic E-state index is 0.00245. The number of Topliss-reactive ketones (excluding diaryl/α,β-unsaturated/α-hetero) is 2. The van der Waals surface area contributed by atoms with Gasteiger partial charge in [-0.15, -0.1) is 0 Å². The number of nitrogens with zero attached hydrogens (tertiary/aromatic N) is 2. The number of methoxy groups -OCH3 is 2. The lowest BCUT2D eigenvalue weighted by molar-refractivity contribution is -0.153. The van der Waals surface area contributed by atoms with E-state index in [0.29, 0.717) is 56.2 Å². The maximum absolute atomic E-state index is 14.4. The minimum Gasteiger partial charge on any atom is -0.468 e. The van der Waals surface area contributed by atoms with Gasteiger partial charge in [-0.1, -0.05) is 120 Å². The molecule has 0 spiro atoms. The van der Waals surface area contributed by atoms with Gasteiger partial charge in [0.1, 0.15) is 34.4 Å². The molecule has 0 bridgehead atoms. The van der Waals surface area contributed by atoms with E-state index in [1.165, 1.54) is 43.4 Å². The molecule has 2 saturated heterocycles. The molecule has 0 unspecified atom stereocenters. The van der Waals surface area contributed by atoms with Crippen molar-refractivity contribution in [3.05, 3.63) is 143 Å². The van der Waals surface area contributed by atoms with Gasteiger partial charge < -0.3 is 77.8 Å². The van der Waals surface area contributed by atoms with E-state index in [1.807, 2.05) is 39.8 Å². The Bertz CT molecular complexity index is 4070. The molecular weight excluding hydrogens is 1590 g/mol. The normalized spacial score (nSPS) is 16.1. The molecule has 12 N–H and O–H groups in total. The summed E-state index contributed by atoms with van der Waals surface area (Å²) in [6, 6.07) is 21.6. The van der Waals surface area contributed by atoms with Gasteiger partial charge in [-0.25, -0.2) is 14.4 Å². The van der Waals surface area contributed by atoms with Crippen molar-refractivity contribution in [1.82, 2.24) is 41.7 Å². The summed E-state index contributed by atoms with van der Waals surface area (Å²) in [6.07, 6.45) is -7.26. The molecule has 0 saturated carbocycles. The van der Waals surface area contributed by atoms with Crippen LogP contribution in [0.1, 0.15) is 199 Å². The number of alkyl halides is 6. The van der Waals surface area contributed by atoms with Gasteiger partial charge in [-0.05, 0) is 209 Å². The van der Waals surface area contributed by atoms with Gasteiger partial charge >= 0.3 is 36.5 Å². The van der Waals surface area contributed by atoms with Crippen LogP contribution in [0.5, 0.6) is 0 Å². The van der Waals surface area contributed by atoms with Gasteiger partial charge in [-0.3, -0.25) is 43.2 Å². The van der Waals surface area contributed by atoms with Crippen LogP contribution in [0.3, 0.4) is 0 Å². The smallest absolute Gasteiger partial charge is 0.416 e. The fourth-order valence-corrected chi connectivity index (χ4v) is 14.4. The molecule has 33 heteroatoms. The first-order valence-corrected chi connectivity index (χ1v) is 41.7. The molecule has 2 aliphatic rings. The number of rotatable bonds is 40. The largest absolute Gasteiger partial charge is 0.468 e. The van der Waals surface area contributed by atoms with Crippen LogP contribution in [0, 0.1) is 29.6 Å². The predicted octanol–water partition coefficient (Wildman–Crippen LogP) is 10.5. The van der Waals surface area contributed by atoms with Crippen molar-refractivity contribution < 1.29 is 103 Å². The maximum Gasteiger partial charge on any atom is 0.416 e. The number of hydrogen-bond acceptors (Lipinski definition) is 19. The Morgan fingerprint density at radius 3 is 1.23 bits per heavy atom. The lowest BCUT2D eigenvalue weighted by atomic mass is 9.86. The van der Waals surface area contributed by atoms with Crippen LogP contribution in [0.4, 0.5) is 35.9 Å². The molecule has 0 radical (unpaired) electrons. The summed E-state index contributed by atoms with van der Waals surface area (Å²) in [5.41, 5.74) is 14.7. The standard InChI is InChI=1S/C50H72F3N5O10.C39H55F3N6O6/c1-32(2)28-36(31-40(59)39(30-34-16-12-11-13-17-34)56-41(60)33(3)29-35-19-21-37(22-20-35)50(51,52)53)42(61)55-38(18-14-15-25-54-45(64)67-47(4,5)6)43(62)58-26-23-49(24-27-58,44(63)66-10)57-46(65)68-48(7,8)9;1-25(2)21-28(34(50)46-31(11-7-8-18-43)36(52)48-19-16-38(45,17-20-48)37(53)54-3)24-33(49)32(23-26-9-5-4-6-10-26)47-35(51)30(44)22-27-12-14-29(15-13-27)39(40,41)42/h11-13,16-17,19-22,32-33,36,38-39H,14-15,18,23-31H2,1-10H3,(H,54,64)(H,55,61)(H,56,60)(H,57,65);4-6,9-10,12-15,25,28,30-32H,7-8,11,16-24,43-45H2,1-3H3,(H,46,50)(H,47,51)/t33-,36+,38-,39-;28-,30+,31+,32+/m10/s1. The monoisotopic (exact) mass is 1720 g/mol. The molecule has 2 heterocycles. The van der Waals surface area contributed by atoms with Crippen LogP contribution < -0.4 is 49.1 Å². The first-order chi connectivity index (χ1) is 57.1.